The predicted molar refractivity (Wildman–Crippen MR) is 91.5 cm³/mol. The molecule has 1 amide bonds. The van der Waals surface area contributed by atoms with Gasteiger partial charge in [-0.3, -0.25) is 9.59 Å². The second kappa shape index (κ2) is 8.18. The van der Waals surface area contributed by atoms with Crippen LogP contribution in [-0.4, -0.2) is 52.5 Å². The van der Waals surface area contributed by atoms with E-state index in [1.54, 1.807) is 11.8 Å². The molecule has 2 heterocycles. The summed E-state index contributed by atoms with van der Waals surface area (Å²) in [7, 11) is 0. The van der Waals surface area contributed by atoms with Crippen LogP contribution in [-0.2, 0) is 20.7 Å². The van der Waals surface area contributed by atoms with Gasteiger partial charge in [0.15, 0.2) is 0 Å². The van der Waals surface area contributed by atoms with Crippen molar-refractivity contribution < 1.29 is 24.2 Å². The van der Waals surface area contributed by atoms with Crippen LogP contribution < -0.4 is 0 Å². The molecular weight excluding hydrogens is 324 g/mol. The molecule has 0 aliphatic carbocycles. The van der Waals surface area contributed by atoms with Crippen molar-refractivity contribution in [2.24, 2.45) is 5.92 Å². The molecule has 7 nitrogen and oxygen atoms in total. The quantitative estimate of drug-likeness (QED) is 0.765. The highest BCUT2D eigenvalue weighted by Gasteiger charge is 2.27. The number of H-pyrrole nitrogens is 1. The first-order chi connectivity index (χ1) is 11.8. The minimum atomic E-state index is -0.780. The Kier molecular flexibility index (Phi) is 6.22. The molecule has 1 aromatic rings. The normalized spacial score (nSPS) is 15.2. The number of hydrogen-bond acceptors (Lipinski definition) is 4. The van der Waals surface area contributed by atoms with Crippen molar-refractivity contribution in [1.82, 2.24) is 9.88 Å². The van der Waals surface area contributed by atoms with E-state index < -0.39 is 5.97 Å². The Morgan fingerprint density at radius 3 is 2.44 bits per heavy atom. The molecule has 2 rings (SSSR count). The molecule has 0 unspecified atom stereocenters. The number of aliphatic carboxylic acids is 1. The number of ether oxygens (including phenoxy) is 1. The number of likely N-dealkylation sites (tertiary alicyclic amines) is 1. The van der Waals surface area contributed by atoms with E-state index in [1.807, 2.05) is 13.8 Å². The average molecular weight is 350 g/mol. The Bertz CT molecular complexity index is 657. The van der Waals surface area contributed by atoms with Gasteiger partial charge >= 0.3 is 11.9 Å². The van der Waals surface area contributed by atoms with Crippen LogP contribution in [0, 0.1) is 19.8 Å². The molecule has 25 heavy (non-hydrogen) atoms. The van der Waals surface area contributed by atoms with Crippen LogP contribution in [0.15, 0.2) is 0 Å². The maximum Gasteiger partial charge on any atom is 0.355 e. The molecule has 0 aromatic carbocycles. The highest BCUT2D eigenvalue weighted by Crippen LogP contribution is 2.22. The summed E-state index contributed by atoms with van der Waals surface area (Å²) in [5, 5.41) is 9.02. The second-order valence-electron chi connectivity index (χ2n) is 6.44. The van der Waals surface area contributed by atoms with Gasteiger partial charge in [0.05, 0.1) is 12.5 Å². The summed E-state index contributed by atoms with van der Waals surface area (Å²) in [4.78, 5) is 40.1. The van der Waals surface area contributed by atoms with Crippen molar-refractivity contribution in [2.45, 2.75) is 46.5 Å². The highest BCUT2D eigenvalue weighted by molar-refractivity contribution is 5.90. The molecule has 7 heteroatoms. The van der Waals surface area contributed by atoms with Crippen LogP contribution in [0.3, 0.4) is 0 Å². The Morgan fingerprint density at radius 2 is 1.88 bits per heavy atom. The lowest BCUT2D eigenvalue weighted by molar-refractivity contribution is -0.145. The van der Waals surface area contributed by atoms with Crippen molar-refractivity contribution >= 4 is 17.8 Å². The average Bonchev–Trinajstić information content (AvgIpc) is 2.87. The number of aryl methyl sites for hydroxylation is 1. The number of aromatic nitrogens is 1. The number of carbonyl (C=O) groups excluding carboxylic acids is 2. The Labute approximate surface area is 147 Å². The van der Waals surface area contributed by atoms with Crippen LogP contribution in [0.2, 0.25) is 0 Å². The number of esters is 1. The van der Waals surface area contributed by atoms with Gasteiger partial charge in [-0.25, -0.2) is 4.79 Å². The first kappa shape index (κ1) is 19.0. The predicted octanol–water partition coefficient (Wildman–Crippen LogP) is 2.06. The van der Waals surface area contributed by atoms with Crippen LogP contribution in [0.4, 0.5) is 0 Å². The number of carboxylic acid groups (broad SMARTS) is 1. The molecule has 0 atom stereocenters. The summed E-state index contributed by atoms with van der Waals surface area (Å²) < 4.78 is 5.03. The number of piperidine rings is 1. The van der Waals surface area contributed by atoms with Crippen LogP contribution in [0.25, 0.3) is 0 Å². The lowest BCUT2D eigenvalue weighted by Crippen LogP contribution is -2.40. The van der Waals surface area contributed by atoms with Gasteiger partial charge in [0, 0.05) is 25.2 Å². The Hall–Kier alpha value is -2.31. The SMILES string of the molecule is CCOC(=O)c1[nH]c(C)c(CCC(=O)N2CCC(C(=O)O)CC2)c1C. The third-order valence-corrected chi connectivity index (χ3v) is 4.86. The van der Waals surface area contributed by atoms with Gasteiger partial charge < -0.3 is 19.7 Å². The molecule has 0 radical (unpaired) electrons. The molecule has 1 aliphatic rings. The number of amides is 1. The lowest BCUT2D eigenvalue weighted by atomic mass is 9.96. The molecule has 2 N–H and O–H groups in total. The van der Waals surface area contributed by atoms with Crippen molar-refractivity contribution in [3.8, 4) is 0 Å². The van der Waals surface area contributed by atoms with Crippen LogP contribution >= 0.6 is 0 Å². The van der Waals surface area contributed by atoms with E-state index >= 15 is 0 Å². The summed E-state index contributed by atoms with van der Waals surface area (Å²) in [5.74, 6) is -1.47. The monoisotopic (exact) mass is 350 g/mol. The van der Waals surface area contributed by atoms with Gasteiger partial charge in [0.1, 0.15) is 5.69 Å². The smallest absolute Gasteiger partial charge is 0.355 e. The molecule has 0 bridgehead atoms. The number of rotatable bonds is 6. The van der Waals surface area contributed by atoms with Crippen LogP contribution in [0.1, 0.15) is 53.5 Å². The highest BCUT2D eigenvalue weighted by atomic mass is 16.5. The van der Waals surface area contributed by atoms with Gasteiger partial charge in [-0.05, 0) is 51.2 Å². The maximum absolute atomic E-state index is 12.4. The summed E-state index contributed by atoms with van der Waals surface area (Å²) in [6.45, 7) is 6.80. The van der Waals surface area contributed by atoms with E-state index in [2.05, 4.69) is 4.98 Å². The fourth-order valence-corrected chi connectivity index (χ4v) is 3.34. The van der Waals surface area contributed by atoms with E-state index in [9.17, 15) is 14.4 Å². The van der Waals surface area contributed by atoms with Gasteiger partial charge in [0.2, 0.25) is 5.91 Å². The number of nitrogens with one attached hydrogen (secondary N) is 1. The fourth-order valence-electron chi connectivity index (χ4n) is 3.34. The van der Waals surface area contributed by atoms with Crippen molar-refractivity contribution in [1.29, 1.82) is 0 Å². The Morgan fingerprint density at radius 1 is 1.24 bits per heavy atom. The second-order valence-corrected chi connectivity index (χ2v) is 6.44. The first-order valence-electron chi connectivity index (χ1n) is 8.70. The molecule has 1 aliphatic heterocycles. The zero-order valence-corrected chi connectivity index (χ0v) is 15.1. The largest absolute Gasteiger partial charge is 0.481 e. The van der Waals surface area contributed by atoms with Gasteiger partial charge in [0.25, 0.3) is 0 Å². The van der Waals surface area contributed by atoms with E-state index in [1.165, 1.54) is 0 Å². The molecule has 1 fully saturated rings. The lowest BCUT2D eigenvalue weighted by Gasteiger charge is -2.30. The van der Waals surface area contributed by atoms with Gasteiger partial charge in [-0.15, -0.1) is 0 Å². The van der Waals surface area contributed by atoms with Crippen molar-refractivity contribution in [3.63, 3.8) is 0 Å². The number of hydrogen-bond donors (Lipinski definition) is 2. The van der Waals surface area contributed by atoms with E-state index in [0.717, 1.165) is 16.8 Å². The van der Waals surface area contributed by atoms with Crippen molar-refractivity contribution in [2.75, 3.05) is 19.7 Å². The summed E-state index contributed by atoms with van der Waals surface area (Å²) in [5.41, 5.74) is 3.12. The molecule has 1 aromatic heterocycles. The van der Waals surface area contributed by atoms with Gasteiger partial charge in [-0.2, -0.15) is 0 Å². The number of aromatic amines is 1. The standard InChI is InChI=1S/C18H26N2O5/c1-4-25-18(24)16-11(2)14(12(3)19-16)5-6-15(21)20-9-7-13(8-10-20)17(22)23/h13,19H,4-10H2,1-3H3,(H,22,23). The third-order valence-electron chi connectivity index (χ3n) is 4.86. The molecule has 1 saturated heterocycles. The summed E-state index contributed by atoms with van der Waals surface area (Å²) in [6, 6.07) is 0. The Balaban J connectivity index is 1.94. The summed E-state index contributed by atoms with van der Waals surface area (Å²) in [6.07, 6.45) is 1.91. The minimum absolute atomic E-state index is 0.0292. The third kappa shape index (κ3) is 4.41. The van der Waals surface area contributed by atoms with Crippen molar-refractivity contribution in [3.05, 3.63) is 22.5 Å². The van der Waals surface area contributed by atoms with E-state index in [4.69, 9.17) is 9.84 Å². The van der Waals surface area contributed by atoms with Gasteiger partial charge in [-0.1, -0.05) is 0 Å². The van der Waals surface area contributed by atoms with Crippen LogP contribution in [0.5, 0.6) is 0 Å². The summed E-state index contributed by atoms with van der Waals surface area (Å²) >= 11 is 0. The topological polar surface area (TPSA) is 99.7 Å². The molecule has 0 spiro atoms. The van der Waals surface area contributed by atoms with E-state index in [-0.39, 0.29) is 17.8 Å². The number of carboxylic acids is 1. The molecular formula is C18H26N2O5. The number of nitrogens with zero attached hydrogens (tertiary/aromatic N) is 1. The number of carbonyl (C=O) groups is 3. The first-order valence-corrected chi connectivity index (χ1v) is 8.70. The zero-order chi connectivity index (χ0) is 18.6. The molecule has 0 saturated carbocycles. The fraction of sp³-hybridized carbons (Fsp3) is 0.611. The molecule has 138 valence electrons. The minimum Gasteiger partial charge on any atom is -0.481 e. The van der Waals surface area contributed by atoms with E-state index in [0.29, 0.717) is 51.1 Å². The zero-order valence-electron chi connectivity index (χ0n) is 15.1. The maximum atomic E-state index is 12.4.